The normalized spacial score (nSPS) is 14.1. The molecule has 0 atom stereocenters. The number of carbonyl (C=O) groups is 1. The van der Waals surface area contributed by atoms with Gasteiger partial charge in [-0.25, -0.2) is 4.98 Å². The third-order valence-corrected chi connectivity index (χ3v) is 5.99. The lowest BCUT2D eigenvalue weighted by molar-refractivity contribution is -0.389. The highest BCUT2D eigenvalue weighted by Crippen LogP contribution is 2.28. The van der Waals surface area contributed by atoms with E-state index in [1.54, 1.807) is 13.0 Å². The highest BCUT2D eigenvalue weighted by atomic mass is 35.5. The molecule has 1 N–H and O–H groups in total. The number of halogens is 1. The lowest BCUT2D eigenvalue weighted by atomic mass is 10.1. The van der Waals surface area contributed by atoms with Crippen molar-refractivity contribution in [1.29, 1.82) is 0 Å². The Morgan fingerprint density at radius 1 is 1.23 bits per heavy atom. The number of hydrogen-bond acceptors (Lipinski definition) is 6. The predicted molar refractivity (Wildman–Crippen MR) is 120 cm³/mol. The Balaban J connectivity index is 1.52. The summed E-state index contributed by atoms with van der Waals surface area (Å²) in [6.07, 6.45) is 3.64. The second kappa shape index (κ2) is 8.50. The Hall–Kier alpha value is -3.20. The second-order valence-electron chi connectivity index (χ2n) is 7.76. The Labute approximate surface area is 184 Å². The van der Waals surface area contributed by atoms with Gasteiger partial charge in [-0.2, -0.15) is 4.68 Å². The van der Waals surface area contributed by atoms with Gasteiger partial charge in [0.2, 0.25) is 5.91 Å². The molecule has 1 aliphatic rings. The first-order valence-corrected chi connectivity index (χ1v) is 10.5. The van der Waals surface area contributed by atoms with Crippen LogP contribution in [0.25, 0.3) is 10.9 Å². The van der Waals surface area contributed by atoms with Crippen molar-refractivity contribution in [3.8, 4) is 0 Å². The maximum atomic E-state index is 12.5. The predicted octanol–water partition coefficient (Wildman–Crippen LogP) is 4.24. The molecule has 1 saturated heterocycles. The zero-order chi connectivity index (χ0) is 22.1. The number of piperidine rings is 1. The van der Waals surface area contributed by atoms with Crippen molar-refractivity contribution < 1.29 is 9.72 Å². The van der Waals surface area contributed by atoms with Crippen molar-refractivity contribution in [3.63, 3.8) is 0 Å². The zero-order valence-corrected chi connectivity index (χ0v) is 18.1. The fourth-order valence-corrected chi connectivity index (χ4v) is 4.06. The first-order valence-electron chi connectivity index (χ1n) is 10.2. The summed E-state index contributed by atoms with van der Waals surface area (Å²) < 4.78 is 1.23. The molecule has 0 radical (unpaired) electrons. The first kappa shape index (κ1) is 21.0. The number of aromatic nitrogens is 3. The zero-order valence-electron chi connectivity index (χ0n) is 17.4. The molecule has 10 heteroatoms. The quantitative estimate of drug-likeness (QED) is 0.468. The van der Waals surface area contributed by atoms with Gasteiger partial charge in [0.1, 0.15) is 12.4 Å². The topological polar surface area (TPSA) is 106 Å². The standard InChI is InChI=1S/C21H23ClN6O3/c1-13-10-18(26-8-4-3-5-9-26)24-17-7-6-15(11-16(13)17)23-19(29)12-27-14(2)20(22)21(25-27)28(30)31/h6-7,10-11H,3-5,8-9,12H2,1-2H3,(H,23,29). The Morgan fingerprint density at radius 3 is 2.65 bits per heavy atom. The highest BCUT2D eigenvalue weighted by molar-refractivity contribution is 6.33. The molecule has 162 valence electrons. The van der Waals surface area contributed by atoms with Crippen LogP contribution in [0.4, 0.5) is 17.3 Å². The number of nitrogens with one attached hydrogen (secondary N) is 1. The van der Waals surface area contributed by atoms with Gasteiger partial charge in [-0.05, 0) is 67.9 Å². The molecule has 9 nitrogen and oxygen atoms in total. The molecule has 3 heterocycles. The van der Waals surface area contributed by atoms with Crippen molar-refractivity contribution >= 4 is 45.7 Å². The molecule has 3 aromatic rings. The van der Waals surface area contributed by atoms with E-state index in [1.807, 2.05) is 19.1 Å². The molecule has 1 amide bonds. The van der Waals surface area contributed by atoms with Crippen LogP contribution in [0.3, 0.4) is 0 Å². The molecule has 0 unspecified atom stereocenters. The van der Waals surface area contributed by atoms with Gasteiger partial charge < -0.3 is 20.3 Å². The van der Waals surface area contributed by atoms with Gasteiger partial charge in [0, 0.05) is 24.2 Å². The van der Waals surface area contributed by atoms with Crippen molar-refractivity contribution in [2.75, 3.05) is 23.3 Å². The Morgan fingerprint density at radius 2 is 1.97 bits per heavy atom. The third kappa shape index (κ3) is 4.32. The summed E-state index contributed by atoms with van der Waals surface area (Å²) in [5.41, 5.74) is 2.96. The number of benzene rings is 1. The number of nitro groups is 1. The van der Waals surface area contributed by atoms with Crippen LogP contribution in [0.5, 0.6) is 0 Å². The minimum absolute atomic E-state index is 0.0605. The number of aryl methyl sites for hydroxylation is 1. The van der Waals surface area contributed by atoms with Gasteiger partial charge in [-0.1, -0.05) is 11.6 Å². The molecule has 0 spiro atoms. The summed E-state index contributed by atoms with van der Waals surface area (Å²) in [7, 11) is 0. The van der Waals surface area contributed by atoms with Gasteiger partial charge in [-0.15, -0.1) is 0 Å². The van der Waals surface area contributed by atoms with Gasteiger partial charge in [0.15, 0.2) is 5.02 Å². The lowest BCUT2D eigenvalue weighted by Gasteiger charge is -2.28. The third-order valence-electron chi connectivity index (χ3n) is 5.55. The van der Waals surface area contributed by atoms with Crippen molar-refractivity contribution in [2.45, 2.75) is 39.7 Å². The average molecular weight is 443 g/mol. The minimum atomic E-state index is -0.666. The Kier molecular flexibility index (Phi) is 5.77. The molecule has 0 bridgehead atoms. The molecular weight excluding hydrogens is 420 g/mol. The van der Waals surface area contributed by atoms with Crippen LogP contribution < -0.4 is 10.2 Å². The molecular formula is C21H23ClN6O3. The minimum Gasteiger partial charge on any atom is -0.358 e. The largest absolute Gasteiger partial charge is 0.408 e. The van der Waals surface area contributed by atoms with E-state index in [1.165, 1.54) is 23.9 Å². The number of rotatable bonds is 5. The van der Waals surface area contributed by atoms with Crippen LogP contribution in [0, 0.1) is 24.0 Å². The molecule has 0 saturated carbocycles. The van der Waals surface area contributed by atoms with E-state index in [9.17, 15) is 14.9 Å². The summed E-state index contributed by atoms with van der Waals surface area (Å²) >= 11 is 5.94. The number of hydrogen-bond donors (Lipinski definition) is 1. The Bertz CT molecular complexity index is 1170. The summed E-state index contributed by atoms with van der Waals surface area (Å²) in [6.45, 7) is 5.50. The molecule has 1 aromatic carbocycles. The van der Waals surface area contributed by atoms with Crippen LogP contribution in [0.2, 0.25) is 5.02 Å². The molecule has 0 aliphatic carbocycles. The van der Waals surface area contributed by atoms with Crippen molar-refractivity contribution in [3.05, 3.63) is 50.7 Å². The number of anilines is 2. The molecule has 1 fully saturated rings. The first-order chi connectivity index (χ1) is 14.8. The van der Waals surface area contributed by atoms with E-state index in [-0.39, 0.29) is 17.5 Å². The van der Waals surface area contributed by atoms with Crippen LogP contribution in [-0.2, 0) is 11.3 Å². The highest BCUT2D eigenvalue weighted by Gasteiger charge is 2.25. The van der Waals surface area contributed by atoms with Gasteiger partial charge in [-0.3, -0.25) is 4.79 Å². The number of amides is 1. The van der Waals surface area contributed by atoms with E-state index in [0.29, 0.717) is 11.4 Å². The van der Waals surface area contributed by atoms with Crippen molar-refractivity contribution in [2.24, 2.45) is 0 Å². The van der Waals surface area contributed by atoms with E-state index in [0.717, 1.165) is 35.4 Å². The van der Waals surface area contributed by atoms with E-state index in [2.05, 4.69) is 21.4 Å². The number of nitrogens with zero attached hydrogens (tertiary/aromatic N) is 5. The summed E-state index contributed by atoms with van der Waals surface area (Å²) in [6, 6.07) is 7.68. The summed E-state index contributed by atoms with van der Waals surface area (Å²) in [5.74, 6) is 0.185. The van der Waals surface area contributed by atoms with Crippen LogP contribution in [0.15, 0.2) is 24.3 Å². The van der Waals surface area contributed by atoms with Gasteiger partial charge >= 0.3 is 5.82 Å². The average Bonchev–Trinajstić information content (AvgIpc) is 3.03. The van der Waals surface area contributed by atoms with Crippen LogP contribution in [0.1, 0.15) is 30.5 Å². The monoisotopic (exact) mass is 442 g/mol. The maximum absolute atomic E-state index is 12.5. The molecule has 1 aliphatic heterocycles. The van der Waals surface area contributed by atoms with Crippen LogP contribution in [-0.4, -0.2) is 38.7 Å². The fourth-order valence-electron chi connectivity index (χ4n) is 3.85. The number of carbonyl (C=O) groups excluding carboxylic acids is 1. The van der Waals surface area contributed by atoms with Gasteiger partial charge in [0.25, 0.3) is 0 Å². The van der Waals surface area contributed by atoms with Crippen molar-refractivity contribution in [1.82, 2.24) is 14.8 Å². The fraction of sp³-hybridized carbons (Fsp3) is 0.381. The number of fused-ring (bicyclic) bond motifs is 1. The maximum Gasteiger partial charge on any atom is 0.408 e. The lowest BCUT2D eigenvalue weighted by Crippen LogP contribution is -2.30. The number of pyridine rings is 1. The smallest absolute Gasteiger partial charge is 0.358 e. The SMILES string of the molecule is Cc1cc(N2CCCCC2)nc2ccc(NC(=O)Cn3nc([N+](=O)[O-])c(Cl)c3C)cc12. The second-order valence-corrected chi connectivity index (χ2v) is 8.14. The van der Waals surface area contributed by atoms with Crippen LogP contribution >= 0.6 is 11.6 Å². The van der Waals surface area contributed by atoms with E-state index >= 15 is 0 Å². The molecule has 31 heavy (non-hydrogen) atoms. The molecule has 4 rings (SSSR count). The van der Waals surface area contributed by atoms with E-state index < -0.39 is 10.7 Å². The van der Waals surface area contributed by atoms with Gasteiger partial charge in [0.05, 0.1) is 16.3 Å². The summed E-state index contributed by atoms with van der Waals surface area (Å²) in [4.78, 5) is 29.9. The van der Waals surface area contributed by atoms with E-state index in [4.69, 9.17) is 16.6 Å². The summed E-state index contributed by atoms with van der Waals surface area (Å²) in [5, 5.41) is 18.5. The molecule has 2 aromatic heterocycles.